The lowest BCUT2D eigenvalue weighted by molar-refractivity contribution is -0.122. The fourth-order valence-corrected chi connectivity index (χ4v) is 1.36. The van der Waals surface area contributed by atoms with Crippen LogP contribution in [-0.4, -0.2) is 19.6 Å². The minimum atomic E-state index is -0.183. The zero-order valence-corrected chi connectivity index (χ0v) is 9.85. The van der Waals surface area contributed by atoms with Crippen LogP contribution in [0.5, 0.6) is 5.75 Å². The van der Waals surface area contributed by atoms with Crippen molar-refractivity contribution >= 4 is 33.4 Å². The van der Waals surface area contributed by atoms with E-state index in [-0.39, 0.29) is 12.5 Å². The van der Waals surface area contributed by atoms with Gasteiger partial charge in [-0.15, -0.1) is 0 Å². The molecular formula is C9H9BrClNO2. The Morgan fingerprint density at radius 1 is 1.64 bits per heavy atom. The molecule has 1 N–H and O–H groups in total. The van der Waals surface area contributed by atoms with Crippen LogP contribution in [0, 0.1) is 0 Å². The number of hydrogen-bond donors (Lipinski definition) is 1. The molecule has 0 saturated carbocycles. The normalized spacial score (nSPS) is 9.64. The van der Waals surface area contributed by atoms with E-state index in [1.165, 1.54) is 0 Å². The molecule has 5 heteroatoms. The van der Waals surface area contributed by atoms with Gasteiger partial charge < -0.3 is 10.1 Å². The van der Waals surface area contributed by atoms with Gasteiger partial charge in [0.1, 0.15) is 5.75 Å². The number of halogens is 2. The van der Waals surface area contributed by atoms with E-state index in [0.717, 1.165) is 0 Å². The molecule has 0 radical (unpaired) electrons. The van der Waals surface area contributed by atoms with Crippen LogP contribution < -0.4 is 10.1 Å². The summed E-state index contributed by atoms with van der Waals surface area (Å²) in [6, 6.07) is 5.23. The molecule has 0 aromatic heterocycles. The lowest BCUT2D eigenvalue weighted by Gasteiger charge is -2.07. The Morgan fingerprint density at radius 3 is 3.00 bits per heavy atom. The van der Waals surface area contributed by atoms with Crippen LogP contribution in [0.15, 0.2) is 22.7 Å². The number of rotatable bonds is 3. The minimum absolute atomic E-state index is 0.0184. The highest BCUT2D eigenvalue weighted by Gasteiger charge is 2.06. The number of benzene rings is 1. The van der Waals surface area contributed by atoms with Crippen molar-refractivity contribution in [3.05, 3.63) is 27.7 Å². The summed E-state index contributed by atoms with van der Waals surface area (Å²) in [4.78, 5) is 10.9. The van der Waals surface area contributed by atoms with Crippen molar-refractivity contribution in [3.8, 4) is 5.75 Å². The first-order valence-corrected chi connectivity index (χ1v) is 5.09. The summed E-state index contributed by atoms with van der Waals surface area (Å²) < 4.78 is 5.88. The molecule has 76 valence electrons. The van der Waals surface area contributed by atoms with Crippen molar-refractivity contribution in [1.82, 2.24) is 5.32 Å². The van der Waals surface area contributed by atoms with Crippen LogP contribution in [0.25, 0.3) is 0 Å². The van der Waals surface area contributed by atoms with Gasteiger partial charge in [0.05, 0.1) is 9.50 Å². The molecule has 3 nitrogen and oxygen atoms in total. The first kappa shape index (κ1) is 11.3. The Balaban J connectivity index is 2.68. The van der Waals surface area contributed by atoms with Crippen molar-refractivity contribution in [1.29, 1.82) is 0 Å². The van der Waals surface area contributed by atoms with Gasteiger partial charge in [-0.3, -0.25) is 4.79 Å². The fourth-order valence-electron chi connectivity index (χ4n) is 0.811. The minimum Gasteiger partial charge on any atom is -0.483 e. The predicted molar refractivity (Wildman–Crippen MR) is 58.7 cm³/mol. The Labute approximate surface area is 95.5 Å². The summed E-state index contributed by atoms with van der Waals surface area (Å²) in [7, 11) is 1.55. The molecule has 0 fully saturated rings. The van der Waals surface area contributed by atoms with E-state index in [0.29, 0.717) is 15.2 Å². The maximum atomic E-state index is 10.9. The van der Waals surface area contributed by atoms with Crippen molar-refractivity contribution < 1.29 is 9.53 Å². The molecule has 1 rings (SSSR count). The molecule has 1 amide bonds. The van der Waals surface area contributed by atoms with Crippen molar-refractivity contribution in [3.63, 3.8) is 0 Å². The molecule has 0 saturated heterocycles. The molecule has 0 aliphatic rings. The lowest BCUT2D eigenvalue weighted by atomic mass is 10.3. The standard InChI is InChI=1S/C9H9BrClNO2/c1-12-8(13)5-14-7-4-2-3-6(11)9(7)10/h2-4H,5H2,1H3,(H,12,13). The first-order valence-electron chi connectivity index (χ1n) is 3.92. The number of hydrogen-bond acceptors (Lipinski definition) is 2. The van der Waals surface area contributed by atoms with E-state index in [4.69, 9.17) is 16.3 Å². The molecule has 0 spiro atoms. The molecule has 14 heavy (non-hydrogen) atoms. The van der Waals surface area contributed by atoms with E-state index >= 15 is 0 Å². The monoisotopic (exact) mass is 277 g/mol. The fraction of sp³-hybridized carbons (Fsp3) is 0.222. The zero-order valence-electron chi connectivity index (χ0n) is 7.51. The number of carbonyl (C=O) groups is 1. The van der Waals surface area contributed by atoms with Gasteiger partial charge in [-0.05, 0) is 28.1 Å². The molecule has 0 heterocycles. The Bertz CT molecular complexity index is 344. The first-order chi connectivity index (χ1) is 6.65. The average molecular weight is 279 g/mol. The largest absolute Gasteiger partial charge is 0.483 e. The number of amides is 1. The van der Waals surface area contributed by atoms with E-state index < -0.39 is 0 Å². The maximum Gasteiger partial charge on any atom is 0.257 e. The van der Waals surface area contributed by atoms with Gasteiger partial charge in [0.2, 0.25) is 0 Å². The highest BCUT2D eigenvalue weighted by molar-refractivity contribution is 9.10. The van der Waals surface area contributed by atoms with Crippen LogP contribution in [0.1, 0.15) is 0 Å². The van der Waals surface area contributed by atoms with Crippen LogP contribution in [0.4, 0.5) is 0 Å². The van der Waals surface area contributed by atoms with Crippen molar-refractivity contribution in [2.75, 3.05) is 13.7 Å². The molecule has 0 bridgehead atoms. The van der Waals surface area contributed by atoms with Gasteiger partial charge >= 0.3 is 0 Å². The summed E-state index contributed by atoms with van der Waals surface area (Å²) in [6.07, 6.45) is 0. The van der Waals surface area contributed by atoms with Crippen LogP contribution >= 0.6 is 27.5 Å². The van der Waals surface area contributed by atoms with Gasteiger partial charge in [0, 0.05) is 7.05 Å². The number of carbonyl (C=O) groups excluding carboxylic acids is 1. The smallest absolute Gasteiger partial charge is 0.257 e. The van der Waals surface area contributed by atoms with Crippen LogP contribution in [0.2, 0.25) is 5.02 Å². The van der Waals surface area contributed by atoms with Gasteiger partial charge in [-0.2, -0.15) is 0 Å². The third-order valence-corrected chi connectivity index (χ3v) is 2.91. The van der Waals surface area contributed by atoms with E-state index in [2.05, 4.69) is 21.2 Å². The Kier molecular flexibility index (Phi) is 4.22. The molecule has 0 aliphatic carbocycles. The third-order valence-electron chi connectivity index (χ3n) is 1.55. The van der Waals surface area contributed by atoms with Gasteiger partial charge in [-0.1, -0.05) is 17.7 Å². The predicted octanol–water partition coefficient (Wildman–Crippen LogP) is 2.23. The summed E-state index contributed by atoms with van der Waals surface area (Å²) in [5.74, 6) is 0.373. The summed E-state index contributed by atoms with van der Waals surface area (Å²) in [6.45, 7) is -0.0184. The Morgan fingerprint density at radius 2 is 2.36 bits per heavy atom. The van der Waals surface area contributed by atoms with Crippen molar-refractivity contribution in [2.45, 2.75) is 0 Å². The van der Waals surface area contributed by atoms with Gasteiger partial charge in [0.25, 0.3) is 5.91 Å². The highest BCUT2D eigenvalue weighted by Crippen LogP contribution is 2.31. The molecular weight excluding hydrogens is 269 g/mol. The average Bonchev–Trinajstić information content (AvgIpc) is 2.20. The molecule has 1 aromatic rings. The summed E-state index contributed by atoms with van der Waals surface area (Å²) in [5.41, 5.74) is 0. The second-order valence-corrected chi connectivity index (χ2v) is 3.71. The van der Waals surface area contributed by atoms with Gasteiger partial charge in [-0.25, -0.2) is 0 Å². The molecule has 1 aromatic carbocycles. The number of nitrogens with one attached hydrogen (secondary N) is 1. The highest BCUT2D eigenvalue weighted by atomic mass is 79.9. The summed E-state index contributed by atoms with van der Waals surface area (Å²) in [5, 5.41) is 3.01. The third kappa shape index (κ3) is 2.89. The molecule has 0 atom stereocenters. The SMILES string of the molecule is CNC(=O)COc1cccc(Cl)c1Br. The Hall–Kier alpha value is -0.740. The van der Waals surface area contributed by atoms with E-state index in [1.54, 1.807) is 25.2 Å². The van der Waals surface area contributed by atoms with Crippen molar-refractivity contribution in [2.24, 2.45) is 0 Å². The molecule has 0 aliphatic heterocycles. The second-order valence-electron chi connectivity index (χ2n) is 2.51. The number of likely N-dealkylation sites (N-methyl/N-ethyl adjacent to an activating group) is 1. The second kappa shape index (κ2) is 5.22. The number of ether oxygens (including phenoxy) is 1. The zero-order chi connectivity index (χ0) is 10.6. The van der Waals surface area contributed by atoms with E-state index in [9.17, 15) is 4.79 Å². The molecule has 0 unspecified atom stereocenters. The topological polar surface area (TPSA) is 38.3 Å². The van der Waals surface area contributed by atoms with Crippen LogP contribution in [-0.2, 0) is 4.79 Å². The lowest BCUT2D eigenvalue weighted by Crippen LogP contribution is -2.24. The van der Waals surface area contributed by atoms with Gasteiger partial charge in [0.15, 0.2) is 6.61 Å². The maximum absolute atomic E-state index is 10.9. The quantitative estimate of drug-likeness (QED) is 0.921. The van der Waals surface area contributed by atoms with E-state index in [1.807, 2.05) is 0 Å². The summed E-state index contributed by atoms with van der Waals surface area (Å²) >= 11 is 9.10. The van der Waals surface area contributed by atoms with Crippen LogP contribution in [0.3, 0.4) is 0 Å².